The van der Waals surface area contributed by atoms with Gasteiger partial charge in [0.2, 0.25) is 10.0 Å². The number of amides is 1. The molecule has 0 bridgehead atoms. The average Bonchev–Trinajstić information content (AvgIpc) is 3.44. The van der Waals surface area contributed by atoms with E-state index in [1.165, 1.54) is 23.5 Å². The van der Waals surface area contributed by atoms with Crippen LogP contribution in [0.2, 0.25) is 0 Å². The lowest BCUT2D eigenvalue weighted by molar-refractivity contribution is 0.0642. The summed E-state index contributed by atoms with van der Waals surface area (Å²) < 4.78 is 44.5. The van der Waals surface area contributed by atoms with Gasteiger partial charge in [-0.3, -0.25) is 0 Å². The molecule has 39 heavy (non-hydrogen) atoms. The summed E-state index contributed by atoms with van der Waals surface area (Å²) in [6.45, 7) is 2.51. The summed E-state index contributed by atoms with van der Waals surface area (Å²) in [5.41, 5.74) is 0.859. The van der Waals surface area contributed by atoms with Crippen LogP contribution in [-0.4, -0.2) is 75.6 Å². The largest absolute Gasteiger partial charge is 0.497 e. The molecule has 212 valence electrons. The minimum atomic E-state index is -4.02. The Hall–Kier alpha value is -3.17. The fourth-order valence-corrected chi connectivity index (χ4v) is 5.93. The average molecular weight is 560 g/mol. The number of nitriles is 1. The van der Waals surface area contributed by atoms with Gasteiger partial charge in [0.05, 0.1) is 43.4 Å². The monoisotopic (exact) mass is 559 g/mol. The third-order valence-electron chi connectivity index (χ3n) is 6.58. The van der Waals surface area contributed by atoms with Crippen molar-refractivity contribution in [1.29, 1.82) is 5.26 Å². The highest BCUT2D eigenvalue weighted by Crippen LogP contribution is 2.23. The highest BCUT2D eigenvalue weighted by Gasteiger charge is 2.32. The SMILES string of the molecule is COc1ccc(S(=O)(=O)N(CC(C)CCC#N)C[C@@H](O)[C@H](Cc2ccccc2)NC(=O)O[C@H]2CCOC2)cc1. The van der Waals surface area contributed by atoms with Crippen LogP contribution in [0.5, 0.6) is 5.75 Å². The van der Waals surface area contributed by atoms with Crippen molar-refractivity contribution in [3.05, 3.63) is 60.2 Å². The molecule has 1 heterocycles. The molecule has 0 saturated carbocycles. The maximum Gasteiger partial charge on any atom is 0.407 e. The first kappa shape index (κ1) is 30.4. The molecule has 2 N–H and O–H groups in total. The molecule has 2 aromatic rings. The summed E-state index contributed by atoms with van der Waals surface area (Å²) in [6, 6.07) is 16.6. The first-order valence-corrected chi connectivity index (χ1v) is 14.4. The van der Waals surface area contributed by atoms with E-state index in [9.17, 15) is 18.3 Å². The number of nitrogens with zero attached hydrogens (tertiary/aromatic N) is 2. The summed E-state index contributed by atoms with van der Waals surface area (Å²) in [4.78, 5) is 12.7. The molecule has 1 saturated heterocycles. The number of methoxy groups -OCH3 is 1. The number of nitrogens with one attached hydrogen (secondary N) is 1. The smallest absolute Gasteiger partial charge is 0.407 e. The molecule has 1 aliphatic rings. The zero-order valence-electron chi connectivity index (χ0n) is 22.4. The number of benzene rings is 2. The van der Waals surface area contributed by atoms with E-state index < -0.39 is 28.3 Å². The predicted molar refractivity (Wildman–Crippen MR) is 145 cm³/mol. The van der Waals surface area contributed by atoms with Gasteiger partial charge in [-0.05, 0) is 48.6 Å². The van der Waals surface area contributed by atoms with Crippen molar-refractivity contribution in [1.82, 2.24) is 9.62 Å². The standard InChI is InChI=1S/C28H37N3O7S/c1-21(7-6-15-29)18-31(39(34,35)25-12-10-23(36-2)11-13-25)19-27(32)26(17-22-8-4-3-5-9-22)30-28(33)38-24-14-16-37-20-24/h3-5,8-13,21,24,26-27,32H,6-7,14,16-20H2,1-2H3,(H,30,33)/t21?,24-,26-,27+/m0/s1. The minimum Gasteiger partial charge on any atom is -0.497 e. The van der Waals surface area contributed by atoms with Gasteiger partial charge < -0.3 is 24.6 Å². The lowest BCUT2D eigenvalue weighted by Crippen LogP contribution is -2.51. The Kier molecular flexibility index (Phi) is 11.6. The van der Waals surface area contributed by atoms with E-state index in [1.54, 1.807) is 12.1 Å². The normalized spacial score (nSPS) is 17.7. The van der Waals surface area contributed by atoms with Crippen molar-refractivity contribution < 1.29 is 32.5 Å². The Morgan fingerprint density at radius 3 is 2.54 bits per heavy atom. The Balaban J connectivity index is 1.83. The molecule has 1 fully saturated rings. The molecule has 0 aromatic heterocycles. The number of rotatable bonds is 14. The molecule has 11 heteroatoms. The van der Waals surface area contributed by atoms with Crippen LogP contribution in [-0.2, 0) is 25.9 Å². The number of aliphatic hydroxyl groups is 1. The van der Waals surface area contributed by atoms with Gasteiger partial charge in [-0.2, -0.15) is 9.57 Å². The minimum absolute atomic E-state index is 0.0520. The van der Waals surface area contributed by atoms with Crippen LogP contribution >= 0.6 is 0 Å². The van der Waals surface area contributed by atoms with Gasteiger partial charge >= 0.3 is 6.09 Å². The van der Waals surface area contributed by atoms with Gasteiger partial charge in [-0.25, -0.2) is 13.2 Å². The number of aliphatic hydroxyl groups excluding tert-OH is 1. The molecule has 1 amide bonds. The Bertz CT molecular complexity index is 1180. The molecular formula is C28H37N3O7S. The Labute approximate surface area is 230 Å². The highest BCUT2D eigenvalue weighted by atomic mass is 32.2. The number of hydrogen-bond donors (Lipinski definition) is 2. The topological polar surface area (TPSA) is 138 Å². The fraction of sp³-hybridized carbons (Fsp3) is 0.500. The molecular weight excluding hydrogens is 522 g/mol. The van der Waals surface area contributed by atoms with Crippen LogP contribution in [0.25, 0.3) is 0 Å². The predicted octanol–water partition coefficient (Wildman–Crippen LogP) is 3.11. The molecule has 4 atom stereocenters. The second kappa shape index (κ2) is 14.8. The lowest BCUT2D eigenvalue weighted by Gasteiger charge is -2.31. The first-order valence-electron chi connectivity index (χ1n) is 13.0. The number of carbonyl (C=O) groups excluding carboxylic acids is 1. The zero-order chi connectivity index (χ0) is 28.3. The van der Waals surface area contributed by atoms with Crippen LogP contribution in [0.3, 0.4) is 0 Å². The van der Waals surface area contributed by atoms with Gasteiger partial charge in [-0.1, -0.05) is 37.3 Å². The lowest BCUT2D eigenvalue weighted by atomic mass is 10.0. The summed E-state index contributed by atoms with van der Waals surface area (Å²) in [5.74, 6) is 0.374. The van der Waals surface area contributed by atoms with Crippen LogP contribution < -0.4 is 10.1 Å². The van der Waals surface area contributed by atoms with Gasteiger partial charge in [0.25, 0.3) is 0 Å². The van der Waals surface area contributed by atoms with Crippen LogP contribution in [0.1, 0.15) is 31.7 Å². The molecule has 1 unspecified atom stereocenters. The molecule has 0 radical (unpaired) electrons. The maximum atomic E-state index is 13.7. The molecule has 0 aliphatic carbocycles. The Morgan fingerprint density at radius 1 is 1.21 bits per heavy atom. The van der Waals surface area contributed by atoms with E-state index in [4.69, 9.17) is 19.5 Å². The van der Waals surface area contributed by atoms with Crippen LogP contribution in [0.15, 0.2) is 59.5 Å². The number of sulfonamides is 1. The fourth-order valence-electron chi connectivity index (χ4n) is 4.35. The number of carbonyl (C=O) groups is 1. The summed E-state index contributed by atoms with van der Waals surface area (Å²) in [6.07, 6.45) is -0.678. The summed E-state index contributed by atoms with van der Waals surface area (Å²) in [5, 5.41) is 23.1. The second-order valence-electron chi connectivity index (χ2n) is 9.70. The maximum absolute atomic E-state index is 13.7. The van der Waals surface area contributed by atoms with Crippen molar-refractivity contribution in [2.75, 3.05) is 33.4 Å². The van der Waals surface area contributed by atoms with E-state index in [2.05, 4.69) is 11.4 Å². The third kappa shape index (κ3) is 9.21. The van der Waals surface area contributed by atoms with Crippen LogP contribution in [0, 0.1) is 17.2 Å². The molecule has 1 aliphatic heterocycles. The van der Waals surface area contributed by atoms with Crippen molar-refractivity contribution in [2.24, 2.45) is 5.92 Å². The van der Waals surface area contributed by atoms with Crippen LogP contribution in [0.4, 0.5) is 4.79 Å². The van der Waals surface area contributed by atoms with Crippen molar-refractivity contribution >= 4 is 16.1 Å². The van der Waals surface area contributed by atoms with E-state index in [0.29, 0.717) is 31.8 Å². The van der Waals surface area contributed by atoms with Gasteiger partial charge in [0.1, 0.15) is 11.9 Å². The van der Waals surface area contributed by atoms with E-state index in [1.807, 2.05) is 37.3 Å². The summed E-state index contributed by atoms with van der Waals surface area (Å²) >= 11 is 0. The first-order chi connectivity index (χ1) is 18.7. The molecule has 0 spiro atoms. The number of alkyl carbamates (subject to hydrolysis) is 1. The van der Waals surface area contributed by atoms with Gasteiger partial charge in [0, 0.05) is 25.9 Å². The third-order valence-corrected chi connectivity index (χ3v) is 8.43. The number of hydrogen-bond acceptors (Lipinski definition) is 8. The zero-order valence-corrected chi connectivity index (χ0v) is 23.2. The van der Waals surface area contributed by atoms with E-state index in [0.717, 1.165) is 5.56 Å². The number of ether oxygens (including phenoxy) is 3. The van der Waals surface area contributed by atoms with Gasteiger partial charge in [0.15, 0.2) is 0 Å². The highest BCUT2D eigenvalue weighted by molar-refractivity contribution is 7.89. The molecule has 10 nitrogen and oxygen atoms in total. The second-order valence-corrected chi connectivity index (χ2v) is 11.6. The summed E-state index contributed by atoms with van der Waals surface area (Å²) in [7, 11) is -2.53. The molecule has 3 rings (SSSR count). The molecule has 2 aromatic carbocycles. The quantitative estimate of drug-likeness (QED) is 0.360. The van der Waals surface area contributed by atoms with Crippen molar-refractivity contribution in [3.8, 4) is 11.8 Å². The van der Waals surface area contributed by atoms with Crippen molar-refractivity contribution in [2.45, 2.75) is 55.8 Å². The van der Waals surface area contributed by atoms with Crippen molar-refractivity contribution in [3.63, 3.8) is 0 Å². The van der Waals surface area contributed by atoms with E-state index >= 15 is 0 Å². The Morgan fingerprint density at radius 2 is 1.92 bits per heavy atom. The van der Waals surface area contributed by atoms with E-state index in [-0.39, 0.29) is 42.8 Å². The van der Waals surface area contributed by atoms with Gasteiger partial charge in [-0.15, -0.1) is 0 Å².